The van der Waals surface area contributed by atoms with Gasteiger partial charge in [0.05, 0.1) is 11.9 Å². The van der Waals surface area contributed by atoms with Crippen molar-refractivity contribution >= 4 is 17.1 Å². The van der Waals surface area contributed by atoms with Gasteiger partial charge in [0.15, 0.2) is 5.65 Å². The zero-order chi connectivity index (χ0) is 17.2. The standard InChI is InChI=1S/C20H22N4O/c1-23-14-22-18-12-16(13-21-19(18)23)20(25)24-10-6-5-9-17(24)11-15-7-3-2-4-8-15/h2-4,7-8,12-14,17H,5-6,9-11H2,1H3. The summed E-state index contributed by atoms with van der Waals surface area (Å²) in [5.74, 6) is 0.0701. The van der Waals surface area contributed by atoms with Crippen LogP contribution in [0.1, 0.15) is 35.2 Å². The molecule has 5 nitrogen and oxygen atoms in total. The maximum absolute atomic E-state index is 13.1. The summed E-state index contributed by atoms with van der Waals surface area (Å²) in [6.45, 7) is 0.816. The molecular weight excluding hydrogens is 312 g/mol. The predicted octanol–water partition coefficient (Wildman–Crippen LogP) is 3.21. The van der Waals surface area contributed by atoms with Gasteiger partial charge in [0.2, 0.25) is 0 Å². The third kappa shape index (κ3) is 3.14. The first-order valence-corrected chi connectivity index (χ1v) is 8.84. The van der Waals surface area contributed by atoms with Gasteiger partial charge < -0.3 is 9.47 Å². The van der Waals surface area contributed by atoms with Crippen LogP contribution in [-0.2, 0) is 13.5 Å². The minimum atomic E-state index is 0.0701. The fourth-order valence-electron chi connectivity index (χ4n) is 3.67. The quantitative estimate of drug-likeness (QED) is 0.739. The van der Waals surface area contributed by atoms with Crippen LogP contribution in [0.3, 0.4) is 0 Å². The van der Waals surface area contributed by atoms with E-state index in [4.69, 9.17) is 0 Å². The summed E-state index contributed by atoms with van der Waals surface area (Å²) < 4.78 is 1.86. The number of fused-ring (bicyclic) bond motifs is 1. The second-order valence-electron chi connectivity index (χ2n) is 6.76. The zero-order valence-electron chi connectivity index (χ0n) is 14.4. The Kier molecular flexibility index (Phi) is 4.22. The van der Waals surface area contributed by atoms with Gasteiger partial charge in [0.25, 0.3) is 5.91 Å². The molecule has 0 saturated carbocycles. The van der Waals surface area contributed by atoms with Crippen LogP contribution in [-0.4, -0.2) is 37.9 Å². The Labute approximate surface area is 147 Å². The van der Waals surface area contributed by atoms with E-state index in [0.717, 1.165) is 37.0 Å². The summed E-state index contributed by atoms with van der Waals surface area (Å²) in [5, 5.41) is 0. The summed E-state index contributed by atoms with van der Waals surface area (Å²) >= 11 is 0. The van der Waals surface area contributed by atoms with Gasteiger partial charge in [-0.3, -0.25) is 4.79 Å². The number of piperidine rings is 1. The smallest absolute Gasteiger partial charge is 0.255 e. The Balaban J connectivity index is 1.59. The number of carbonyl (C=O) groups is 1. The summed E-state index contributed by atoms with van der Waals surface area (Å²) in [5.41, 5.74) is 3.48. The third-order valence-corrected chi connectivity index (χ3v) is 5.00. The molecule has 1 unspecified atom stereocenters. The number of pyridine rings is 1. The molecule has 2 aromatic heterocycles. The minimum absolute atomic E-state index is 0.0701. The molecule has 1 saturated heterocycles. The van der Waals surface area contributed by atoms with E-state index in [-0.39, 0.29) is 11.9 Å². The van der Waals surface area contributed by atoms with E-state index in [0.29, 0.717) is 5.56 Å². The van der Waals surface area contributed by atoms with Gasteiger partial charge in [-0.1, -0.05) is 30.3 Å². The lowest BCUT2D eigenvalue weighted by molar-refractivity contribution is 0.0613. The maximum atomic E-state index is 13.1. The lowest BCUT2D eigenvalue weighted by atomic mass is 9.95. The van der Waals surface area contributed by atoms with Crippen LogP contribution in [0.25, 0.3) is 11.2 Å². The molecule has 0 aliphatic carbocycles. The number of nitrogens with zero attached hydrogens (tertiary/aromatic N) is 4. The first-order valence-electron chi connectivity index (χ1n) is 8.84. The molecule has 128 valence electrons. The Hall–Kier alpha value is -2.69. The SMILES string of the molecule is Cn1cnc2cc(C(=O)N3CCCCC3Cc3ccccc3)cnc21. The molecule has 1 aliphatic heterocycles. The van der Waals surface area contributed by atoms with Gasteiger partial charge >= 0.3 is 0 Å². The Morgan fingerprint density at radius 3 is 2.88 bits per heavy atom. The number of hydrogen-bond donors (Lipinski definition) is 0. The molecular formula is C20H22N4O. The molecule has 3 aromatic rings. The van der Waals surface area contributed by atoms with E-state index in [1.54, 1.807) is 12.5 Å². The summed E-state index contributed by atoms with van der Waals surface area (Å²) in [6, 6.07) is 12.5. The van der Waals surface area contributed by atoms with E-state index in [9.17, 15) is 4.79 Å². The molecule has 1 atom stereocenters. The molecule has 0 radical (unpaired) electrons. The van der Waals surface area contributed by atoms with Gasteiger partial charge in [-0.2, -0.15) is 0 Å². The van der Waals surface area contributed by atoms with Crippen LogP contribution < -0.4 is 0 Å². The predicted molar refractivity (Wildman–Crippen MR) is 97.3 cm³/mol. The van der Waals surface area contributed by atoms with Crippen LogP contribution >= 0.6 is 0 Å². The monoisotopic (exact) mass is 334 g/mol. The molecule has 1 aliphatic rings. The van der Waals surface area contributed by atoms with E-state index in [2.05, 4.69) is 34.2 Å². The van der Waals surface area contributed by atoms with Crippen LogP contribution in [0.15, 0.2) is 48.9 Å². The Morgan fingerprint density at radius 2 is 2.04 bits per heavy atom. The van der Waals surface area contributed by atoms with Crippen molar-refractivity contribution < 1.29 is 4.79 Å². The third-order valence-electron chi connectivity index (χ3n) is 5.00. The molecule has 0 spiro atoms. The molecule has 1 fully saturated rings. The first kappa shape index (κ1) is 15.8. The molecule has 25 heavy (non-hydrogen) atoms. The molecule has 3 heterocycles. The molecule has 5 heteroatoms. The summed E-state index contributed by atoms with van der Waals surface area (Å²) in [7, 11) is 1.91. The maximum Gasteiger partial charge on any atom is 0.255 e. The fourth-order valence-corrected chi connectivity index (χ4v) is 3.67. The molecule has 4 rings (SSSR count). The van der Waals surface area contributed by atoms with Gasteiger partial charge in [0.1, 0.15) is 5.52 Å². The minimum Gasteiger partial charge on any atom is -0.335 e. The van der Waals surface area contributed by atoms with E-state index in [1.165, 1.54) is 12.0 Å². The highest BCUT2D eigenvalue weighted by Gasteiger charge is 2.28. The van der Waals surface area contributed by atoms with E-state index < -0.39 is 0 Å². The Bertz CT molecular complexity index is 887. The highest BCUT2D eigenvalue weighted by atomic mass is 16.2. The van der Waals surface area contributed by atoms with E-state index in [1.807, 2.05) is 28.6 Å². The normalized spacial score (nSPS) is 17.8. The number of aryl methyl sites for hydroxylation is 1. The number of hydrogen-bond acceptors (Lipinski definition) is 3. The van der Waals surface area contributed by atoms with Crippen molar-refractivity contribution in [3.63, 3.8) is 0 Å². The van der Waals surface area contributed by atoms with Gasteiger partial charge in [-0.25, -0.2) is 9.97 Å². The number of rotatable bonds is 3. The van der Waals surface area contributed by atoms with Crippen LogP contribution in [0.5, 0.6) is 0 Å². The number of amides is 1. The second-order valence-corrected chi connectivity index (χ2v) is 6.76. The van der Waals surface area contributed by atoms with Crippen molar-refractivity contribution in [3.8, 4) is 0 Å². The summed E-state index contributed by atoms with van der Waals surface area (Å²) in [6.07, 6.45) is 7.62. The Morgan fingerprint density at radius 1 is 1.20 bits per heavy atom. The van der Waals surface area contributed by atoms with Crippen LogP contribution in [0, 0.1) is 0 Å². The highest BCUT2D eigenvalue weighted by Crippen LogP contribution is 2.23. The van der Waals surface area contributed by atoms with Gasteiger partial charge in [-0.15, -0.1) is 0 Å². The topological polar surface area (TPSA) is 51.0 Å². The number of imidazole rings is 1. The average Bonchev–Trinajstić information content (AvgIpc) is 3.03. The number of likely N-dealkylation sites (tertiary alicyclic amines) is 1. The largest absolute Gasteiger partial charge is 0.335 e. The first-order chi connectivity index (χ1) is 12.2. The van der Waals surface area contributed by atoms with Crippen molar-refractivity contribution in [2.24, 2.45) is 7.05 Å². The van der Waals surface area contributed by atoms with Gasteiger partial charge in [-0.05, 0) is 37.3 Å². The lowest BCUT2D eigenvalue weighted by Gasteiger charge is -2.36. The van der Waals surface area contributed by atoms with Crippen molar-refractivity contribution in [1.82, 2.24) is 19.4 Å². The second kappa shape index (κ2) is 6.67. The average molecular weight is 334 g/mol. The number of carbonyl (C=O) groups excluding carboxylic acids is 1. The van der Waals surface area contributed by atoms with Crippen LogP contribution in [0.4, 0.5) is 0 Å². The number of benzene rings is 1. The fraction of sp³-hybridized carbons (Fsp3) is 0.350. The lowest BCUT2D eigenvalue weighted by Crippen LogP contribution is -2.44. The van der Waals surface area contributed by atoms with E-state index >= 15 is 0 Å². The van der Waals surface area contributed by atoms with Gasteiger partial charge in [0, 0.05) is 25.8 Å². The molecule has 1 aromatic carbocycles. The molecule has 0 N–H and O–H groups in total. The van der Waals surface area contributed by atoms with Crippen molar-refractivity contribution in [1.29, 1.82) is 0 Å². The van der Waals surface area contributed by atoms with Crippen molar-refractivity contribution in [2.75, 3.05) is 6.54 Å². The van der Waals surface area contributed by atoms with Crippen molar-refractivity contribution in [3.05, 3.63) is 60.0 Å². The molecule has 1 amide bonds. The zero-order valence-corrected chi connectivity index (χ0v) is 14.4. The highest BCUT2D eigenvalue weighted by molar-refractivity contribution is 5.96. The molecule has 0 bridgehead atoms. The van der Waals surface area contributed by atoms with Crippen molar-refractivity contribution in [2.45, 2.75) is 31.7 Å². The van der Waals surface area contributed by atoms with Crippen LogP contribution in [0.2, 0.25) is 0 Å². The summed E-state index contributed by atoms with van der Waals surface area (Å²) in [4.78, 5) is 23.9. The number of aromatic nitrogens is 3.